The second-order valence-corrected chi connectivity index (χ2v) is 6.90. The predicted octanol–water partition coefficient (Wildman–Crippen LogP) is 5.54. The fraction of sp³-hybridized carbons (Fsp3) is 0.333. The van der Waals surface area contributed by atoms with Crippen molar-refractivity contribution >= 4 is 27.5 Å². The molecule has 1 aliphatic carbocycles. The van der Waals surface area contributed by atoms with E-state index in [0.29, 0.717) is 5.92 Å². The van der Waals surface area contributed by atoms with Gasteiger partial charge in [0.1, 0.15) is 5.75 Å². The number of fused-ring (bicyclic) bond motifs is 1. The summed E-state index contributed by atoms with van der Waals surface area (Å²) in [5.41, 5.74) is 4.02. The number of rotatable bonds is 3. The Morgan fingerprint density at radius 1 is 1.24 bits per heavy atom. The van der Waals surface area contributed by atoms with Gasteiger partial charge >= 0.3 is 0 Å². The third-order valence-corrected chi connectivity index (χ3v) is 5.48. The fourth-order valence-electron chi connectivity index (χ4n) is 3.12. The molecular formula is C18H18BrClO. The summed E-state index contributed by atoms with van der Waals surface area (Å²) in [6.07, 6.45) is 3.28. The van der Waals surface area contributed by atoms with Crippen LogP contribution in [0.5, 0.6) is 5.75 Å². The van der Waals surface area contributed by atoms with Crippen LogP contribution in [0.2, 0.25) is 0 Å². The number of alkyl halides is 1. The van der Waals surface area contributed by atoms with E-state index in [1.165, 1.54) is 16.7 Å². The Morgan fingerprint density at radius 3 is 2.81 bits per heavy atom. The number of hydrogen-bond acceptors (Lipinski definition) is 1. The Balaban J connectivity index is 1.79. The summed E-state index contributed by atoms with van der Waals surface area (Å²) < 4.78 is 6.29. The van der Waals surface area contributed by atoms with Crippen LogP contribution in [0.3, 0.4) is 0 Å². The van der Waals surface area contributed by atoms with Crippen molar-refractivity contribution in [3.05, 3.63) is 63.6 Å². The van der Waals surface area contributed by atoms with Gasteiger partial charge in [-0.2, -0.15) is 0 Å². The molecule has 2 atom stereocenters. The van der Waals surface area contributed by atoms with E-state index in [1.807, 2.05) is 6.07 Å². The molecule has 2 unspecified atom stereocenters. The van der Waals surface area contributed by atoms with Crippen LogP contribution in [0.15, 0.2) is 46.9 Å². The molecule has 0 bridgehead atoms. The minimum atomic E-state index is 0.107. The molecule has 0 heterocycles. The van der Waals surface area contributed by atoms with Gasteiger partial charge in [0.15, 0.2) is 0 Å². The standard InChI is InChI=1S/C18H18BrClO/c1-21-17-9-6-12(11-16(17)19)10-14-8-7-13-4-2-3-5-15(13)18(14)20/h2-6,9,11,14,18H,7-8,10H2,1H3. The smallest absolute Gasteiger partial charge is 0.133 e. The summed E-state index contributed by atoms with van der Waals surface area (Å²) in [6.45, 7) is 0. The van der Waals surface area contributed by atoms with Crippen LogP contribution in [0, 0.1) is 5.92 Å². The summed E-state index contributed by atoms with van der Waals surface area (Å²) >= 11 is 10.3. The minimum Gasteiger partial charge on any atom is -0.496 e. The zero-order chi connectivity index (χ0) is 14.8. The number of benzene rings is 2. The van der Waals surface area contributed by atoms with Gasteiger partial charge in [0.05, 0.1) is 17.0 Å². The maximum atomic E-state index is 6.73. The van der Waals surface area contributed by atoms with Gasteiger partial charge in [0, 0.05) is 0 Å². The second kappa shape index (κ2) is 6.41. The van der Waals surface area contributed by atoms with Crippen molar-refractivity contribution in [3.8, 4) is 5.75 Å². The first-order chi connectivity index (χ1) is 10.2. The SMILES string of the molecule is COc1ccc(CC2CCc3ccccc3C2Cl)cc1Br. The topological polar surface area (TPSA) is 9.23 Å². The van der Waals surface area contributed by atoms with Crippen LogP contribution < -0.4 is 4.74 Å². The van der Waals surface area contributed by atoms with Gasteiger partial charge in [-0.25, -0.2) is 0 Å². The summed E-state index contributed by atoms with van der Waals surface area (Å²) in [6, 6.07) is 14.8. The first-order valence-electron chi connectivity index (χ1n) is 7.23. The van der Waals surface area contributed by atoms with Gasteiger partial charge in [0.25, 0.3) is 0 Å². The highest BCUT2D eigenvalue weighted by molar-refractivity contribution is 9.10. The molecule has 0 aromatic heterocycles. The average molecular weight is 366 g/mol. The zero-order valence-electron chi connectivity index (χ0n) is 12.0. The highest BCUT2D eigenvalue weighted by Gasteiger charge is 2.27. The molecule has 3 rings (SSSR count). The van der Waals surface area contributed by atoms with Gasteiger partial charge in [0.2, 0.25) is 0 Å². The largest absolute Gasteiger partial charge is 0.496 e. The van der Waals surface area contributed by atoms with Crippen molar-refractivity contribution in [1.82, 2.24) is 0 Å². The van der Waals surface area contributed by atoms with Crippen LogP contribution in [-0.4, -0.2) is 7.11 Å². The number of methoxy groups -OCH3 is 1. The van der Waals surface area contributed by atoms with Crippen molar-refractivity contribution in [2.24, 2.45) is 5.92 Å². The lowest BCUT2D eigenvalue weighted by molar-refractivity contribution is 0.411. The molecule has 0 spiro atoms. The van der Waals surface area contributed by atoms with Crippen molar-refractivity contribution in [3.63, 3.8) is 0 Å². The summed E-state index contributed by atoms with van der Waals surface area (Å²) in [5, 5.41) is 0.107. The Hall–Kier alpha value is -0.990. The van der Waals surface area contributed by atoms with Crippen molar-refractivity contribution < 1.29 is 4.74 Å². The molecule has 0 saturated heterocycles. The van der Waals surface area contributed by atoms with Crippen LogP contribution in [0.25, 0.3) is 0 Å². The van der Waals surface area contributed by atoms with Gasteiger partial charge in [-0.15, -0.1) is 11.6 Å². The summed E-state index contributed by atoms with van der Waals surface area (Å²) in [4.78, 5) is 0. The van der Waals surface area contributed by atoms with Gasteiger partial charge in [-0.1, -0.05) is 30.3 Å². The number of halogens is 2. The molecule has 0 aliphatic heterocycles. The molecule has 0 amide bonds. The lowest BCUT2D eigenvalue weighted by Crippen LogP contribution is -2.19. The maximum absolute atomic E-state index is 6.73. The van der Waals surface area contributed by atoms with E-state index in [4.69, 9.17) is 16.3 Å². The molecule has 1 nitrogen and oxygen atoms in total. The van der Waals surface area contributed by atoms with E-state index < -0.39 is 0 Å². The lowest BCUT2D eigenvalue weighted by Gasteiger charge is -2.29. The Labute approximate surface area is 139 Å². The van der Waals surface area contributed by atoms with Crippen molar-refractivity contribution in [1.29, 1.82) is 0 Å². The van der Waals surface area contributed by atoms with Gasteiger partial charge in [-0.05, 0) is 69.9 Å². The van der Waals surface area contributed by atoms with Crippen LogP contribution in [0.1, 0.15) is 28.5 Å². The van der Waals surface area contributed by atoms with E-state index >= 15 is 0 Å². The third kappa shape index (κ3) is 3.12. The molecular weight excluding hydrogens is 348 g/mol. The van der Waals surface area contributed by atoms with Crippen LogP contribution in [0.4, 0.5) is 0 Å². The Bertz CT molecular complexity index is 641. The molecule has 21 heavy (non-hydrogen) atoms. The molecule has 1 aliphatic rings. The van der Waals surface area contributed by atoms with E-state index in [2.05, 4.69) is 52.3 Å². The van der Waals surface area contributed by atoms with Crippen molar-refractivity contribution in [2.45, 2.75) is 24.6 Å². The van der Waals surface area contributed by atoms with Crippen LogP contribution in [-0.2, 0) is 12.8 Å². The monoisotopic (exact) mass is 364 g/mol. The number of hydrogen-bond donors (Lipinski definition) is 0. The van der Waals surface area contributed by atoms with Crippen LogP contribution >= 0.6 is 27.5 Å². The highest BCUT2D eigenvalue weighted by Crippen LogP contribution is 2.41. The van der Waals surface area contributed by atoms with E-state index in [9.17, 15) is 0 Å². The molecule has 0 saturated carbocycles. The number of ether oxygens (including phenoxy) is 1. The molecule has 3 heteroatoms. The first-order valence-corrected chi connectivity index (χ1v) is 8.46. The second-order valence-electron chi connectivity index (χ2n) is 5.57. The van der Waals surface area contributed by atoms with E-state index in [-0.39, 0.29) is 5.38 Å². The third-order valence-electron chi connectivity index (χ3n) is 4.26. The summed E-state index contributed by atoms with van der Waals surface area (Å²) in [5.74, 6) is 1.36. The first kappa shape index (κ1) is 14.9. The zero-order valence-corrected chi connectivity index (χ0v) is 14.3. The average Bonchev–Trinajstić information content (AvgIpc) is 2.51. The quantitative estimate of drug-likeness (QED) is 0.649. The van der Waals surface area contributed by atoms with E-state index in [1.54, 1.807) is 7.11 Å². The predicted molar refractivity (Wildman–Crippen MR) is 91.2 cm³/mol. The molecule has 0 radical (unpaired) electrons. The summed E-state index contributed by atoms with van der Waals surface area (Å²) in [7, 11) is 1.69. The molecule has 0 fully saturated rings. The molecule has 110 valence electrons. The fourth-order valence-corrected chi connectivity index (χ4v) is 4.13. The maximum Gasteiger partial charge on any atom is 0.133 e. The molecule has 2 aromatic carbocycles. The van der Waals surface area contributed by atoms with Crippen molar-refractivity contribution in [2.75, 3.05) is 7.11 Å². The highest BCUT2D eigenvalue weighted by atomic mass is 79.9. The Morgan fingerprint density at radius 2 is 2.05 bits per heavy atom. The lowest BCUT2D eigenvalue weighted by atomic mass is 9.80. The van der Waals surface area contributed by atoms with Gasteiger partial charge < -0.3 is 4.74 Å². The molecule has 2 aromatic rings. The minimum absolute atomic E-state index is 0.107. The molecule has 0 N–H and O–H groups in total. The van der Waals surface area contributed by atoms with E-state index in [0.717, 1.165) is 29.5 Å². The number of aryl methyl sites for hydroxylation is 1. The van der Waals surface area contributed by atoms with Gasteiger partial charge in [-0.3, -0.25) is 0 Å². The Kier molecular flexibility index (Phi) is 4.56. The normalized spacial score (nSPS) is 20.9.